The molecule has 0 aliphatic rings. The van der Waals surface area contributed by atoms with Gasteiger partial charge in [-0.15, -0.1) is 0 Å². The first kappa shape index (κ1) is 21.3. The first-order valence-corrected chi connectivity index (χ1v) is 9.18. The molecule has 0 bridgehead atoms. The Balaban J connectivity index is 1.95. The molecule has 6 heteroatoms. The van der Waals surface area contributed by atoms with E-state index in [1.807, 2.05) is 44.2 Å². The van der Waals surface area contributed by atoms with Crippen molar-refractivity contribution in [3.8, 4) is 11.5 Å². The van der Waals surface area contributed by atoms with Gasteiger partial charge in [0, 0.05) is 32.1 Å². The molecule has 0 saturated heterocycles. The fourth-order valence-electron chi connectivity index (χ4n) is 3.05. The molecule has 0 radical (unpaired) electrons. The molecule has 2 amide bonds. The van der Waals surface area contributed by atoms with Crippen molar-refractivity contribution < 1.29 is 19.1 Å². The van der Waals surface area contributed by atoms with Crippen LogP contribution in [0.2, 0.25) is 0 Å². The zero-order valence-electron chi connectivity index (χ0n) is 17.2. The molecule has 0 aliphatic heterocycles. The maximum atomic E-state index is 12.3. The monoisotopic (exact) mass is 384 g/mol. The van der Waals surface area contributed by atoms with Crippen molar-refractivity contribution in [3.63, 3.8) is 0 Å². The van der Waals surface area contributed by atoms with E-state index < -0.39 is 0 Å². The second kappa shape index (κ2) is 9.78. The SMILES string of the molecule is COc1ccc(CNC(=O)CCN(C(C)=O)c2ccc(C)cc2C)cc1OC. The Morgan fingerprint density at radius 2 is 1.71 bits per heavy atom. The number of nitrogens with zero attached hydrogens (tertiary/aromatic N) is 1. The highest BCUT2D eigenvalue weighted by Crippen LogP contribution is 2.27. The number of carbonyl (C=O) groups excluding carboxylic acids is 2. The van der Waals surface area contributed by atoms with Gasteiger partial charge in [-0.05, 0) is 43.2 Å². The lowest BCUT2D eigenvalue weighted by Crippen LogP contribution is -2.34. The maximum Gasteiger partial charge on any atom is 0.223 e. The van der Waals surface area contributed by atoms with Crippen molar-refractivity contribution in [2.75, 3.05) is 25.7 Å². The molecule has 2 aromatic carbocycles. The van der Waals surface area contributed by atoms with Gasteiger partial charge in [0.25, 0.3) is 0 Å². The molecule has 2 aromatic rings. The van der Waals surface area contributed by atoms with Crippen LogP contribution in [0.25, 0.3) is 0 Å². The summed E-state index contributed by atoms with van der Waals surface area (Å²) in [4.78, 5) is 26.0. The largest absolute Gasteiger partial charge is 0.493 e. The van der Waals surface area contributed by atoms with Crippen molar-refractivity contribution in [1.29, 1.82) is 0 Å². The van der Waals surface area contributed by atoms with Gasteiger partial charge in [0.15, 0.2) is 11.5 Å². The Morgan fingerprint density at radius 1 is 1.00 bits per heavy atom. The summed E-state index contributed by atoms with van der Waals surface area (Å²) in [5.41, 5.74) is 3.90. The molecule has 6 nitrogen and oxygen atoms in total. The third-order valence-corrected chi connectivity index (χ3v) is 4.52. The van der Waals surface area contributed by atoms with Gasteiger partial charge in [0.2, 0.25) is 11.8 Å². The first-order valence-electron chi connectivity index (χ1n) is 9.18. The Morgan fingerprint density at radius 3 is 2.32 bits per heavy atom. The van der Waals surface area contributed by atoms with Crippen LogP contribution in [0.15, 0.2) is 36.4 Å². The smallest absolute Gasteiger partial charge is 0.223 e. The van der Waals surface area contributed by atoms with E-state index in [1.54, 1.807) is 25.2 Å². The van der Waals surface area contributed by atoms with Crippen molar-refractivity contribution in [2.45, 2.75) is 33.7 Å². The number of hydrogen-bond acceptors (Lipinski definition) is 4. The van der Waals surface area contributed by atoms with Crippen LogP contribution >= 0.6 is 0 Å². The molecule has 28 heavy (non-hydrogen) atoms. The van der Waals surface area contributed by atoms with Crippen LogP contribution in [0.3, 0.4) is 0 Å². The predicted molar refractivity (Wildman–Crippen MR) is 110 cm³/mol. The van der Waals surface area contributed by atoms with E-state index in [-0.39, 0.29) is 18.2 Å². The summed E-state index contributed by atoms with van der Waals surface area (Å²) in [6, 6.07) is 11.4. The summed E-state index contributed by atoms with van der Waals surface area (Å²) in [6.07, 6.45) is 0.222. The van der Waals surface area contributed by atoms with Crippen LogP contribution in [0.4, 0.5) is 5.69 Å². The van der Waals surface area contributed by atoms with Crippen LogP contribution in [0.1, 0.15) is 30.0 Å². The van der Waals surface area contributed by atoms with E-state index in [4.69, 9.17) is 9.47 Å². The molecule has 0 saturated carbocycles. The second-order valence-electron chi connectivity index (χ2n) is 6.68. The number of carbonyl (C=O) groups is 2. The van der Waals surface area contributed by atoms with Gasteiger partial charge in [-0.25, -0.2) is 0 Å². The molecule has 1 N–H and O–H groups in total. The molecule has 0 heterocycles. The highest BCUT2D eigenvalue weighted by molar-refractivity contribution is 5.93. The number of methoxy groups -OCH3 is 2. The normalized spacial score (nSPS) is 10.3. The lowest BCUT2D eigenvalue weighted by Gasteiger charge is -2.23. The van der Waals surface area contributed by atoms with Crippen LogP contribution < -0.4 is 19.7 Å². The molecule has 0 aromatic heterocycles. The average Bonchev–Trinajstić information content (AvgIpc) is 2.67. The summed E-state index contributed by atoms with van der Waals surface area (Å²) in [5.74, 6) is 1.06. The van der Waals surface area contributed by atoms with E-state index in [0.717, 1.165) is 22.4 Å². The number of hydrogen-bond donors (Lipinski definition) is 1. The van der Waals surface area contributed by atoms with E-state index in [2.05, 4.69) is 5.32 Å². The molecule has 0 atom stereocenters. The maximum absolute atomic E-state index is 12.3. The van der Waals surface area contributed by atoms with Gasteiger partial charge in [0.05, 0.1) is 14.2 Å². The lowest BCUT2D eigenvalue weighted by atomic mass is 10.1. The minimum absolute atomic E-state index is 0.0837. The summed E-state index contributed by atoms with van der Waals surface area (Å²) in [7, 11) is 3.15. The van der Waals surface area contributed by atoms with Crippen molar-refractivity contribution in [3.05, 3.63) is 53.1 Å². The Bertz CT molecular complexity index is 848. The summed E-state index contributed by atoms with van der Waals surface area (Å²) in [6.45, 7) is 6.20. The topological polar surface area (TPSA) is 67.9 Å². The quantitative estimate of drug-likeness (QED) is 0.758. The zero-order chi connectivity index (χ0) is 20.7. The van der Waals surface area contributed by atoms with E-state index in [1.165, 1.54) is 6.92 Å². The standard InChI is InChI=1S/C22H28N2O4/c1-15-6-8-19(16(2)12-15)24(17(3)25)11-10-22(26)23-14-18-7-9-20(27-4)21(13-18)28-5/h6-9,12-13H,10-11,14H2,1-5H3,(H,23,26). The van der Waals surface area contributed by atoms with Crippen molar-refractivity contribution in [1.82, 2.24) is 5.32 Å². The zero-order valence-corrected chi connectivity index (χ0v) is 17.2. The van der Waals surface area contributed by atoms with Gasteiger partial charge < -0.3 is 19.7 Å². The van der Waals surface area contributed by atoms with Crippen LogP contribution in [-0.4, -0.2) is 32.6 Å². The summed E-state index contributed by atoms with van der Waals surface area (Å²) in [5, 5.41) is 2.88. The van der Waals surface area contributed by atoms with Gasteiger partial charge >= 0.3 is 0 Å². The highest BCUT2D eigenvalue weighted by atomic mass is 16.5. The third-order valence-electron chi connectivity index (χ3n) is 4.52. The van der Waals surface area contributed by atoms with Gasteiger partial charge in [-0.3, -0.25) is 9.59 Å². The molecule has 150 valence electrons. The lowest BCUT2D eigenvalue weighted by molar-refractivity contribution is -0.121. The van der Waals surface area contributed by atoms with E-state index in [0.29, 0.717) is 24.6 Å². The number of amides is 2. The highest BCUT2D eigenvalue weighted by Gasteiger charge is 2.15. The van der Waals surface area contributed by atoms with Crippen LogP contribution in [-0.2, 0) is 16.1 Å². The molecule has 0 aliphatic carbocycles. The minimum Gasteiger partial charge on any atom is -0.493 e. The predicted octanol–water partition coefficient (Wildman–Crippen LogP) is 3.38. The molecule has 2 rings (SSSR count). The average molecular weight is 384 g/mol. The Kier molecular flexibility index (Phi) is 7.44. The number of nitrogens with one attached hydrogen (secondary N) is 1. The van der Waals surface area contributed by atoms with E-state index in [9.17, 15) is 9.59 Å². The Labute approximate surface area is 166 Å². The third kappa shape index (κ3) is 5.49. The fourth-order valence-corrected chi connectivity index (χ4v) is 3.05. The molecular weight excluding hydrogens is 356 g/mol. The Hall–Kier alpha value is -3.02. The van der Waals surface area contributed by atoms with E-state index >= 15 is 0 Å². The van der Waals surface area contributed by atoms with Gasteiger partial charge in [-0.2, -0.15) is 0 Å². The summed E-state index contributed by atoms with van der Waals surface area (Å²) >= 11 is 0. The van der Waals surface area contributed by atoms with Crippen molar-refractivity contribution >= 4 is 17.5 Å². The number of benzene rings is 2. The number of ether oxygens (including phenoxy) is 2. The van der Waals surface area contributed by atoms with Crippen molar-refractivity contribution in [2.24, 2.45) is 0 Å². The number of anilines is 1. The van der Waals surface area contributed by atoms with Gasteiger partial charge in [-0.1, -0.05) is 23.8 Å². The fraction of sp³-hybridized carbons (Fsp3) is 0.364. The second-order valence-corrected chi connectivity index (χ2v) is 6.68. The van der Waals surface area contributed by atoms with Gasteiger partial charge in [0.1, 0.15) is 0 Å². The van der Waals surface area contributed by atoms with Crippen LogP contribution in [0.5, 0.6) is 11.5 Å². The molecule has 0 unspecified atom stereocenters. The molecule has 0 spiro atoms. The first-order chi connectivity index (χ1) is 13.3. The number of rotatable bonds is 8. The molecule has 0 fully saturated rings. The summed E-state index contributed by atoms with van der Waals surface area (Å²) < 4.78 is 10.5. The number of aryl methyl sites for hydroxylation is 2. The molecular formula is C22H28N2O4. The minimum atomic E-state index is -0.120. The van der Waals surface area contributed by atoms with Crippen LogP contribution in [0, 0.1) is 13.8 Å².